The Kier molecular flexibility index (Phi) is 5.66. The van der Waals surface area contributed by atoms with E-state index in [4.69, 9.17) is 4.74 Å². The highest BCUT2D eigenvalue weighted by atomic mass is 16.5. The van der Waals surface area contributed by atoms with Crippen LogP contribution in [0.5, 0.6) is 5.75 Å². The standard InChI is InChI=1S/C18H27NO2/c1-13-10-11-17(14(2)12-13)21-15(3)18(20)19-16-8-6-4-5-7-9-16/h10-12,15-16H,4-9H2,1-3H3,(H,19,20)/t15-/m0/s1. The van der Waals surface area contributed by atoms with Crippen LogP contribution in [0.3, 0.4) is 0 Å². The number of rotatable bonds is 4. The van der Waals surface area contributed by atoms with E-state index in [2.05, 4.69) is 18.3 Å². The Labute approximate surface area is 128 Å². The van der Waals surface area contributed by atoms with Gasteiger partial charge in [0, 0.05) is 6.04 Å². The van der Waals surface area contributed by atoms with Gasteiger partial charge in [0.1, 0.15) is 5.75 Å². The summed E-state index contributed by atoms with van der Waals surface area (Å²) in [5.74, 6) is 0.797. The third-order valence-corrected chi connectivity index (χ3v) is 4.20. The summed E-state index contributed by atoms with van der Waals surface area (Å²) in [6.07, 6.45) is 6.77. The Morgan fingerprint density at radius 3 is 2.48 bits per heavy atom. The molecule has 0 aromatic heterocycles. The number of aryl methyl sites for hydroxylation is 2. The average molecular weight is 289 g/mol. The van der Waals surface area contributed by atoms with Gasteiger partial charge in [-0.1, -0.05) is 43.4 Å². The van der Waals surface area contributed by atoms with Crippen molar-refractivity contribution in [3.05, 3.63) is 29.3 Å². The van der Waals surface area contributed by atoms with Crippen LogP contribution >= 0.6 is 0 Å². The SMILES string of the molecule is Cc1ccc(O[C@@H](C)C(=O)NC2CCCCCC2)c(C)c1. The molecule has 1 aliphatic carbocycles. The molecule has 2 rings (SSSR count). The zero-order chi connectivity index (χ0) is 15.2. The van der Waals surface area contributed by atoms with Crippen LogP contribution in [0.1, 0.15) is 56.6 Å². The van der Waals surface area contributed by atoms with Crippen molar-refractivity contribution in [2.24, 2.45) is 0 Å². The Balaban J connectivity index is 1.89. The maximum atomic E-state index is 12.3. The van der Waals surface area contributed by atoms with Gasteiger partial charge in [-0.05, 0) is 45.2 Å². The van der Waals surface area contributed by atoms with Crippen LogP contribution in [0.15, 0.2) is 18.2 Å². The number of carbonyl (C=O) groups is 1. The second-order valence-corrected chi connectivity index (χ2v) is 6.23. The highest BCUT2D eigenvalue weighted by molar-refractivity contribution is 5.81. The van der Waals surface area contributed by atoms with Gasteiger partial charge in [0.05, 0.1) is 0 Å². The van der Waals surface area contributed by atoms with E-state index in [0.717, 1.165) is 24.2 Å². The van der Waals surface area contributed by atoms with E-state index in [1.54, 1.807) is 0 Å². The molecule has 0 bridgehead atoms. The first-order valence-corrected chi connectivity index (χ1v) is 8.10. The second kappa shape index (κ2) is 7.48. The first-order chi connectivity index (χ1) is 10.1. The number of carbonyl (C=O) groups excluding carboxylic acids is 1. The van der Waals surface area contributed by atoms with Gasteiger partial charge in [-0.3, -0.25) is 4.79 Å². The van der Waals surface area contributed by atoms with E-state index in [-0.39, 0.29) is 5.91 Å². The number of benzene rings is 1. The van der Waals surface area contributed by atoms with E-state index >= 15 is 0 Å². The van der Waals surface area contributed by atoms with Crippen LogP contribution in [0.25, 0.3) is 0 Å². The maximum absolute atomic E-state index is 12.3. The quantitative estimate of drug-likeness (QED) is 0.853. The topological polar surface area (TPSA) is 38.3 Å². The van der Waals surface area contributed by atoms with Gasteiger partial charge in [0.15, 0.2) is 6.10 Å². The third-order valence-electron chi connectivity index (χ3n) is 4.20. The summed E-state index contributed by atoms with van der Waals surface area (Å²) in [4.78, 5) is 12.3. The normalized spacial score (nSPS) is 17.9. The van der Waals surface area contributed by atoms with Gasteiger partial charge >= 0.3 is 0 Å². The molecule has 0 heterocycles. The molecule has 1 aliphatic rings. The van der Waals surface area contributed by atoms with Crippen molar-refractivity contribution in [1.29, 1.82) is 0 Å². The lowest BCUT2D eigenvalue weighted by molar-refractivity contribution is -0.128. The van der Waals surface area contributed by atoms with Crippen molar-refractivity contribution in [1.82, 2.24) is 5.32 Å². The van der Waals surface area contributed by atoms with Crippen LogP contribution in [-0.4, -0.2) is 18.1 Å². The summed E-state index contributed by atoms with van der Waals surface area (Å²) in [6.45, 7) is 5.89. The number of hydrogen-bond acceptors (Lipinski definition) is 2. The Bertz CT molecular complexity index is 476. The lowest BCUT2D eigenvalue weighted by Gasteiger charge is -2.21. The molecule has 0 radical (unpaired) electrons. The highest BCUT2D eigenvalue weighted by Crippen LogP contribution is 2.21. The third kappa shape index (κ3) is 4.76. The molecule has 1 N–H and O–H groups in total. The predicted octanol–water partition coefficient (Wildman–Crippen LogP) is 3.91. The maximum Gasteiger partial charge on any atom is 0.260 e. The summed E-state index contributed by atoms with van der Waals surface area (Å²) < 4.78 is 5.82. The Morgan fingerprint density at radius 2 is 1.86 bits per heavy atom. The molecular weight excluding hydrogens is 262 g/mol. The molecule has 0 saturated heterocycles. The molecule has 3 heteroatoms. The molecule has 0 aliphatic heterocycles. The van der Waals surface area contributed by atoms with E-state index < -0.39 is 6.10 Å². The van der Waals surface area contributed by atoms with Crippen molar-refractivity contribution in [2.75, 3.05) is 0 Å². The molecule has 1 amide bonds. The first-order valence-electron chi connectivity index (χ1n) is 8.10. The molecule has 0 unspecified atom stereocenters. The lowest BCUT2D eigenvalue weighted by Crippen LogP contribution is -2.42. The van der Waals surface area contributed by atoms with Gasteiger partial charge in [-0.15, -0.1) is 0 Å². The zero-order valence-electron chi connectivity index (χ0n) is 13.4. The van der Waals surface area contributed by atoms with Crippen molar-refractivity contribution < 1.29 is 9.53 Å². The molecule has 1 aromatic carbocycles. The van der Waals surface area contributed by atoms with E-state index in [1.807, 2.05) is 26.0 Å². The van der Waals surface area contributed by atoms with E-state index in [9.17, 15) is 4.79 Å². The highest BCUT2D eigenvalue weighted by Gasteiger charge is 2.20. The fourth-order valence-electron chi connectivity index (χ4n) is 2.92. The van der Waals surface area contributed by atoms with Crippen molar-refractivity contribution in [3.63, 3.8) is 0 Å². The summed E-state index contributed by atoms with van der Waals surface area (Å²) >= 11 is 0. The van der Waals surface area contributed by atoms with Gasteiger partial charge in [0.2, 0.25) is 0 Å². The molecule has 3 nitrogen and oxygen atoms in total. The minimum Gasteiger partial charge on any atom is -0.481 e. The summed E-state index contributed by atoms with van der Waals surface area (Å²) in [5, 5.41) is 3.15. The number of amides is 1. The summed E-state index contributed by atoms with van der Waals surface area (Å²) in [5.41, 5.74) is 2.28. The minimum atomic E-state index is -0.449. The van der Waals surface area contributed by atoms with Gasteiger partial charge < -0.3 is 10.1 Å². The van der Waals surface area contributed by atoms with Crippen LogP contribution in [0.4, 0.5) is 0 Å². The summed E-state index contributed by atoms with van der Waals surface area (Å²) in [6, 6.07) is 6.36. The van der Waals surface area contributed by atoms with Crippen LogP contribution in [0.2, 0.25) is 0 Å². The Morgan fingerprint density at radius 1 is 1.19 bits per heavy atom. The van der Waals surface area contributed by atoms with Gasteiger partial charge in [0.25, 0.3) is 5.91 Å². The van der Waals surface area contributed by atoms with E-state index in [0.29, 0.717) is 6.04 Å². The second-order valence-electron chi connectivity index (χ2n) is 6.23. The van der Waals surface area contributed by atoms with Crippen molar-refractivity contribution in [3.8, 4) is 5.75 Å². The van der Waals surface area contributed by atoms with Crippen LogP contribution in [-0.2, 0) is 4.79 Å². The molecular formula is C18H27NO2. The molecule has 1 aromatic rings. The van der Waals surface area contributed by atoms with Crippen molar-refractivity contribution >= 4 is 5.91 Å². The van der Waals surface area contributed by atoms with Gasteiger partial charge in [-0.2, -0.15) is 0 Å². The molecule has 1 fully saturated rings. The molecule has 1 atom stereocenters. The van der Waals surface area contributed by atoms with Crippen LogP contribution in [0, 0.1) is 13.8 Å². The van der Waals surface area contributed by atoms with Crippen molar-refractivity contribution in [2.45, 2.75) is 71.4 Å². The van der Waals surface area contributed by atoms with Crippen LogP contribution < -0.4 is 10.1 Å². The number of ether oxygens (including phenoxy) is 1. The lowest BCUT2D eigenvalue weighted by atomic mass is 10.1. The number of nitrogens with one attached hydrogen (secondary N) is 1. The van der Waals surface area contributed by atoms with Gasteiger partial charge in [-0.25, -0.2) is 0 Å². The van der Waals surface area contributed by atoms with E-state index in [1.165, 1.54) is 31.2 Å². The zero-order valence-corrected chi connectivity index (χ0v) is 13.4. The fourth-order valence-corrected chi connectivity index (χ4v) is 2.92. The number of hydrogen-bond donors (Lipinski definition) is 1. The molecule has 0 spiro atoms. The minimum absolute atomic E-state index is 0.00174. The molecule has 1 saturated carbocycles. The average Bonchev–Trinajstić information content (AvgIpc) is 2.70. The summed E-state index contributed by atoms with van der Waals surface area (Å²) in [7, 11) is 0. The predicted molar refractivity (Wildman–Crippen MR) is 85.6 cm³/mol. The fraction of sp³-hybridized carbons (Fsp3) is 0.611. The molecule has 21 heavy (non-hydrogen) atoms. The largest absolute Gasteiger partial charge is 0.481 e. The molecule has 116 valence electrons. The Hall–Kier alpha value is -1.51. The first kappa shape index (κ1) is 15.9. The monoisotopic (exact) mass is 289 g/mol. The smallest absolute Gasteiger partial charge is 0.260 e.